The number of fused-ring (bicyclic) bond motifs is 2. The van der Waals surface area contributed by atoms with Crippen molar-refractivity contribution < 1.29 is 0 Å². The van der Waals surface area contributed by atoms with Gasteiger partial charge in [-0.15, -0.1) is 0 Å². The summed E-state index contributed by atoms with van der Waals surface area (Å²) in [7, 11) is 4.24. The van der Waals surface area contributed by atoms with Crippen LogP contribution in [0.5, 0.6) is 0 Å². The summed E-state index contributed by atoms with van der Waals surface area (Å²) in [4.78, 5) is 18.5. The Morgan fingerprint density at radius 2 is 1.93 bits per heavy atom. The first-order chi connectivity index (χ1) is 14.1. The van der Waals surface area contributed by atoms with E-state index in [1.54, 1.807) is 0 Å². The van der Waals surface area contributed by atoms with Gasteiger partial charge in [-0.25, -0.2) is 14.5 Å². The van der Waals surface area contributed by atoms with E-state index in [9.17, 15) is 0 Å². The molecule has 1 N–H and O–H groups in total. The van der Waals surface area contributed by atoms with Gasteiger partial charge in [0.2, 0.25) is 5.95 Å². The number of rotatable bonds is 3. The predicted octanol–water partition coefficient (Wildman–Crippen LogP) is 2.22. The van der Waals surface area contributed by atoms with Gasteiger partial charge in [0.05, 0.1) is 17.6 Å². The number of aromatic nitrogens is 5. The highest BCUT2D eigenvalue weighted by Gasteiger charge is 2.23. The standard InChI is InChI=1S/C21H26N8/c1-14-13-29-19(23-14)5-4-18(26-29)16-8-11-28(3)20-17(16)12-22-21(25-20)24-15-6-9-27(2)10-7-15/h4-5,8,12-13,15H,6-7,9-11H2,1-3H3,(H,22,24,25). The molecule has 1 fully saturated rings. The molecule has 3 aromatic heterocycles. The first-order valence-corrected chi connectivity index (χ1v) is 10.1. The van der Waals surface area contributed by atoms with E-state index >= 15 is 0 Å². The molecule has 0 radical (unpaired) electrons. The van der Waals surface area contributed by atoms with E-state index in [-0.39, 0.29) is 0 Å². The van der Waals surface area contributed by atoms with Gasteiger partial charge in [0.25, 0.3) is 0 Å². The summed E-state index contributed by atoms with van der Waals surface area (Å²) >= 11 is 0. The number of imidazole rings is 1. The van der Waals surface area contributed by atoms with Crippen molar-refractivity contribution in [1.82, 2.24) is 29.5 Å². The largest absolute Gasteiger partial charge is 0.355 e. The molecule has 0 spiro atoms. The van der Waals surface area contributed by atoms with Crippen LogP contribution in [0, 0.1) is 6.92 Å². The van der Waals surface area contributed by atoms with E-state index in [4.69, 9.17) is 10.1 Å². The highest BCUT2D eigenvalue weighted by atomic mass is 15.3. The van der Waals surface area contributed by atoms with Gasteiger partial charge in [-0.2, -0.15) is 10.1 Å². The molecule has 150 valence electrons. The van der Waals surface area contributed by atoms with Crippen LogP contribution in [0.25, 0.3) is 11.2 Å². The summed E-state index contributed by atoms with van der Waals surface area (Å²) in [6, 6.07) is 4.46. The van der Waals surface area contributed by atoms with Crippen molar-refractivity contribution in [1.29, 1.82) is 0 Å². The second-order valence-corrected chi connectivity index (χ2v) is 8.05. The number of hydrogen-bond acceptors (Lipinski definition) is 7. The molecule has 1 saturated heterocycles. The normalized spacial score (nSPS) is 18.0. The molecule has 5 rings (SSSR count). The maximum atomic E-state index is 4.85. The fourth-order valence-corrected chi connectivity index (χ4v) is 4.07. The first-order valence-electron chi connectivity index (χ1n) is 10.1. The topological polar surface area (TPSA) is 74.5 Å². The lowest BCUT2D eigenvalue weighted by Gasteiger charge is -2.30. The minimum Gasteiger partial charge on any atom is -0.355 e. The lowest BCUT2D eigenvalue weighted by atomic mass is 10.0. The Morgan fingerprint density at radius 3 is 2.76 bits per heavy atom. The Balaban J connectivity index is 1.45. The summed E-state index contributed by atoms with van der Waals surface area (Å²) in [5.41, 5.74) is 4.80. The summed E-state index contributed by atoms with van der Waals surface area (Å²) in [5, 5.41) is 8.29. The van der Waals surface area contributed by atoms with Crippen molar-refractivity contribution in [3.05, 3.63) is 47.6 Å². The van der Waals surface area contributed by atoms with Crippen LogP contribution in [0.2, 0.25) is 0 Å². The number of likely N-dealkylation sites (tertiary alicyclic amines) is 1. The van der Waals surface area contributed by atoms with Gasteiger partial charge in [0.1, 0.15) is 5.82 Å². The van der Waals surface area contributed by atoms with Crippen LogP contribution in [0.4, 0.5) is 11.8 Å². The summed E-state index contributed by atoms with van der Waals surface area (Å²) in [5.74, 6) is 1.65. The van der Waals surface area contributed by atoms with E-state index in [2.05, 4.69) is 45.3 Å². The molecule has 2 aliphatic rings. The van der Waals surface area contributed by atoms with Crippen LogP contribution < -0.4 is 10.2 Å². The molecule has 0 saturated carbocycles. The van der Waals surface area contributed by atoms with Crippen LogP contribution in [-0.2, 0) is 0 Å². The lowest BCUT2D eigenvalue weighted by molar-refractivity contribution is 0.263. The van der Waals surface area contributed by atoms with Crippen molar-refractivity contribution in [2.75, 3.05) is 43.9 Å². The van der Waals surface area contributed by atoms with Crippen molar-refractivity contribution in [3.8, 4) is 0 Å². The fraction of sp³-hybridized carbons (Fsp3) is 0.429. The number of aryl methyl sites for hydroxylation is 1. The molecule has 29 heavy (non-hydrogen) atoms. The third kappa shape index (κ3) is 3.44. The predicted molar refractivity (Wildman–Crippen MR) is 114 cm³/mol. The number of likely N-dealkylation sites (N-methyl/N-ethyl adjacent to an activating group) is 1. The molecule has 8 heteroatoms. The van der Waals surface area contributed by atoms with Crippen LogP contribution >= 0.6 is 0 Å². The summed E-state index contributed by atoms with van der Waals surface area (Å²) < 4.78 is 1.83. The van der Waals surface area contributed by atoms with Crippen LogP contribution in [0.1, 0.15) is 29.8 Å². The quantitative estimate of drug-likeness (QED) is 0.735. The van der Waals surface area contributed by atoms with E-state index in [0.29, 0.717) is 12.0 Å². The minimum absolute atomic E-state index is 0.432. The van der Waals surface area contributed by atoms with Gasteiger partial charge in [-0.1, -0.05) is 6.08 Å². The number of anilines is 2. The highest BCUT2D eigenvalue weighted by molar-refractivity contribution is 5.86. The zero-order valence-electron chi connectivity index (χ0n) is 17.1. The van der Waals surface area contributed by atoms with E-state index in [1.165, 1.54) is 0 Å². The zero-order valence-corrected chi connectivity index (χ0v) is 17.1. The van der Waals surface area contributed by atoms with Gasteiger partial charge in [-0.05, 0) is 52.0 Å². The Kier molecular flexibility index (Phi) is 4.43. The maximum absolute atomic E-state index is 4.85. The third-order valence-corrected chi connectivity index (χ3v) is 5.76. The molecule has 0 atom stereocenters. The van der Waals surface area contributed by atoms with Crippen molar-refractivity contribution in [2.24, 2.45) is 0 Å². The molecule has 0 amide bonds. The van der Waals surface area contributed by atoms with Crippen LogP contribution in [-0.4, -0.2) is 69.2 Å². The van der Waals surface area contributed by atoms with Gasteiger partial charge in [0.15, 0.2) is 5.65 Å². The second kappa shape index (κ2) is 7.11. The number of nitrogens with zero attached hydrogens (tertiary/aromatic N) is 7. The average Bonchev–Trinajstić information content (AvgIpc) is 3.09. The number of nitrogens with one attached hydrogen (secondary N) is 1. The van der Waals surface area contributed by atoms with E-state index in [1.807, 2.05) is 36.0 Å². The van der Waals surface area contributed by atoms with Gasteiger partial charge < -0.3 is 15.1 Å². The molecule has 0 aliphatic carbocycles. The van der Waals surface area contributed by atoms with E-state index in [0.717, 1.165) is 66.5 Å². The summed E-state index contributed by atoms with van der Waals surface area (Å²) in [6.45, 7) is 4.98. The molecular formula is C21H26N8. The zero-order chi connectivity index (χ0) is 20.0. The Morgan fingerprint density at radius 1 is 1.10 bits per heavy atom. The van der Waals surface area contributed by atoms with Crippen LogP contribution in [0.15, 0.2) is 30.6 Å². The molecule has 8 nitrogen and oxygen atoms in total. The van der Waals surface area contributed by atoms with Gasteiger partial charge >= 0.3 is 0 Å². The number of piperidine rings is 1. The SMILES string of the molecule is Cc1cn2nc(C3=CCN(C)c4nc(NC5CCN(C)CC5)ncc43)ccc2n1. The second-order valence-electron chi connectivity index (χ2n) is 8.05. The monoisotopic (exact) mass is 390 g/mol. The van der Waals surface area contributed by atoms with Crippen LogP contribution in [0.3, 0.4) is 0 Å². The lowest BCUT2D eigenvalue weighted by Crippen LogP contribution is -2.37. The molecule has 0 unspecified atom stereocenters. The molecule has 0 bridgehead atoms. The van der Waals surface area contributed by atoms with Crippen molar-refractivity contribution >= 4 is 23.0 Å². The molecule has 3 aromatic rings. The third-order valence-electron chi connectivity index (χ3n) is 5.76. The average molecular weight is 390 g/mol. The van der Waals surface area contributed by atoms with Gasteiger partial charge in [-0.3, -0.25) is 0 Å². The highest BCUT2D eigenvalue weighted by Crippen LogP contribution is 2.33. The smallest absolute Gasteiger partial charge is 0.224 e. The minimum atomic E-state index is 0.432. The molecular weight excluding hydrogens is 364 g/mol. The fourth-order valence-electron chi connectivity index (χ4n) is 4.07. The van der Waals surface area contributed by atoms with Crippen molar-refractivity contribution in [3.63, 3.8) is 0 Å². The van der Waals surface area contributed by atoms with E-state index < -0.39 is 0 Å². The maximum Gasteiger partial charge on any atom is 0.224 e. The Hall–Kier alpha value is -3.00. The Labute approximate surface area is 170 Å². The van der Waals surface area contributed by atoms with Gasteiger partial charge in [0, 0.05) is 37.0 Å². The first kappa shape index (κ1) is 18.1. The van der Waals surface area contributed by atoms with Crippen molar-refractivity contribution in [2.45, 2.75) is 25.8 Å². The number of hydrogen-bond donors (Lipinski definition) is 1. The molecule has 5 heterocycles. The molecule has 0 aromatic carbocycles. The molecule has 2 aliphatic heterocycles. The summed E-state index contributed by atoms with van der Waals surface area (Å²) in [6.07, 6.45) is 8.29. The Bertz CT molecular complexity index is 1080.